The molecule has 2 aliphatic heterocycles. The van der Waals surface area contributed by atoms with Crippen LogP contribution in [0.4, 0.5) is 0 Å². The van der Waals surface area contributed by atoms with E-state index in [1.165, 1.54) is 0 Å². The Morgan fingerprint density at radius 3 is 2.88 bits per heavy atom. The summed E-state index contributed by atoms with van der Waals surface area (Å²) < 4.78 is 6.35. The van der Waals surface area contributed by atoms with E-state index < -0.39 is 17.1 Å². The van der Waals surface area contributed by atoms with E-state index in [4.69, 9.17) is 4.74 Å². The van der Waals surface area contributed by atoms with Crippen molar-refractivity contribution in [1.82, 2.24) is 9.80 Å². The number of carbonyl (C=O) groups excluding carboxylic acids is 1. The maximum absolute atomic E-state index is 13.3. The Hall–Kier alpha value is -3.01. The molecule has 2 heterocycles. The van der Waals surface area contributed by atoms with Crippen molar-refractivity contribution >= 4 is 5.91 Å². The number of aliphatic hydroxyl groups is 1. The molecular formula is C28H30N2O4. The predicted octanol–water partition coefficient (Wildman–Crippen LogP) is 2.36. The maximum atomic E-state index is 13.3. The van der Waals surface area contributed by atoms with Gasteiger partial charge < -0.3 is 24.7 Å². The van der Waals surface area contributed by atoms with E-state index in [9.17, 15) is 15.0 Å². The number of aromatic hydroxyl groups is 1. The molecule has 2 N–H and O–H groups in total. The van der Waals surface area contributed by atoms with Crippen molar-refractivity contribution in [2.24, 2.45) is 0 Å². The zero-order valence-electron chi connectivity index (χ0n) is 19.8. The van der Waals surface area contributed by atoms with Gasteiger partial charge in [-0.15, -0.1) is 0 Å². The van der Waals surface area contributed by atoms with Gasteiger partial charge in [0.25, 0.3) is 5.91 Å². The van der Waals surface area contributed by atoms with Crippen molar-refractivity contribution in [3.8, 4) is 23.3 Å². The fourth-order valence-corrected chi connectivity index (χ4v) is 7.32. The summed E-state index contributed by atoms with van der Waals surface area (Å²) in [5.41, 5.74) is 2.13. The van der Waals surface area contributed by atoms with Crippen LogP contribution in [0.1, 0.15) is 41.5 Å². The van der Waals surface area contributed by atoms with Crippen molar-refractivity contribution in [2.45, 2.75) is 61.8 Å². The fraction of sp³-hybridized carbons (Fsp3) is 0.464. The molecule has 1 amide bonds. The average molecular weight is 459 g/mol. The van der Waals surface area contributed by atoms with E-state index in [0.29, 0.717) is 25.0 Å². The summed E-state index contributed by atoms with van der Waals surface area (Å²) in [6.07, 6.45) is 2.49. The fourth-order valence-electron chi connectivity index (χ4n) is 7.32. The van der Waals surface area contributed by atoms with Gasteiger partial charge in [0, 0.05) is 30.1 Å². The molecule has 2 aliphatic carbocycles. The third-order valence-electron chi connectivity index (χ3n) is 8.84. The van der Waals surface area contributed by atoms with Crippen LogP contribution in [-0.4, -0.2) is 70.3 Å². The molecular weight excluding hydrogens is 428 g/mol. The van der Waals surface area contributed by atoms with Crippen molar-refractivity contribution in [1.29, 1.82) is 0 Å². The largest absolute Gasteiger partial charge is 0.504 e. The number of hydrogen-bond donors (Lipinski definition) is 2. The summed E-state index contributed by atoms with van der Waals surface area (Å²) in [5.74, 6) is 6.16. The van der Waals surface area contributed by atoms with Crippen LogP contribution in [0, 0.1) is 18.8 Å². The van der Waals surface area contributed by atoms with Gasteiger partial charge in [-0.3, -0.25) is 4.79 Å². The SMILES string of the molecule is Cc1cccc(C#CC(=O)N(C)[C@H]2CC[C@@H]3Oc4c(O)ccc5c4[C@@]34CCN(C)[C@H](C5)[C@]24O)c1. The van der Waals surface area contributed by atoms with Crippen molar-refractivity contribution < 1.29 is 19.7 Å². The van der Waals surface area contributed by atoms with Gasteiger partial charge in [0.05, 0.1) is 11.5 Å². The van der Waals surface area contributed by atoms with Gasteiger partial charge in [-0.1, -0.05) is 24.1 Å². The highest BCUT2D eigenvalue weighted by atomic mass is 16.5. The zero-order chi connectivity index (χ0) is 23.8. The first-order valence-electron chi connectivity index (χ1n) is 12.1. The first-order valence-corrected chi connectivity index (χ1v) is 12.1. The third kappa shape index (κ3) is 2.63. The minimum atomic E-state index is -1.20. The van der Waals surface area contributed by atoms with Gasteiger partial charge in [0.2, 0.25) is 0 Å². The van der Waals surface area contributed by atoms with Gasteiger partial charge >= 0.3 is 0 Å². The number of phenolic OH excluding ortho intramolecular Hbond substituents is 1. The topological polar surface area (TPSA) is 73.2 Å². The summed E-state index contributed by atoms with van der Waals surface area (Å²) in [7, 11) is 3.81. The number of piperidine rings is 1. The number of hydrogen-bond acceptors (Lipinski definition) is 5. The van der Waals surface area contributed by atoms with Crippen molar-refractivity contribution in [3.63, 3.8) is 0 Å². The molecule has 2 bridgehead atoms. The van der Waals surface area contributed by atoms with Gasteiger partial charge in [-0.2, -0.15) is 0 Å². The molecule has 1 saturated carbocycles. The minimum absolute atomic E-state index is 0.132. The highest BCUT2D eigenvalue weighted by Gasteiger charge is 2.74. The number of aryl methyl sites for hydroxylation is 1. The maximum Gasteiger partial charge on any atom is 0.298 e. The molecule has 6 rings (SSSR count). The van der Waals surface area contributed by atoms with Crippen LogP contribution in [0.2, 0.25) is 0 Å². The second-order valence-electron chi connectivity index (χ2n) is 10.4. The lowest BCUT2D eigenvalue weighted by atomic mass is 9.47. The molecule has 2 fully saturated rings. The van der Waals surface area contributed by atoms with E-state index in [2.05, 4.69) is 23.8 Å². The molecule has 0 aromatic heterocycles. The van der Waals surface area contributed by atoms with Crippen LogP contribution in [0.3, 0.4) is 0 Å². The Kier molecular flexibility index (Phi) is 4.58. The zero-order valence-corrected chi connectivity index (χ0v) is 19.8. The lowest BCUT2D eigenvalue weighted by molar-refractivity contribution is -0.213. The monoisotopic (exact) mass is 458 g/mol. The Bertz CT molecular complexity index is 1260. The van der Waals surface area contributed by atoms with E-state index in [1.807, 2.05) is 37.3 Å². The number of likely N-dealkylation sites (N-methyl/N-ethyl adjacent to an activating group) is 2. The van der Waals surface area contributed by atoms with Gasteiger partial charge in [-0.05, 0) is 75.5 Å². The highest BCUT2D eigenvalue weighted by Crippen LogP contribution is 2.65. The molecule has 5 atom stereocenters. The third-order valence-corrected chi connectivity index (χ3v) is 8.84. The summed E-state index contributed by atoms with van der Waals surface area (Å²) in [5, 5.41) is 23.3. The lowest BCUT2D eigenvalue weighted by Crippen LogP contribution is -2.81. The minimum Gasteiger partial charge on any atom is -0.504 e. The first kappa shape index (κ1) is 21.5. The molecule has 2 aromatic rings. The van der Waals surface area contributed by atoms with Gasteiger partial charge in [0.15, 0.2) is 11.5 Å². The van der Waals surface area contributed by atoms with Crippen LogP contribution in [0.25, 0.3) is 0 Å². The van der Waals surface area contributed by atoms with E-state index in [-0.39, 0.29) is 23.8 Å². The van der Waals surface area contributed by atoms with Crippen molar-refractivity contribution in [2.75, 3.05) is 20.6 Å². The standard InChI is InChI=1S/C28H30N2O4/c1-17-5-4-6-18(15-17)7-12-24(32)30(3)21-10-11-23-27-13-14-29(2)22(28(21,27)33)16-19-8-9-20(31)26(34-23)25(19)27/h4-6,8-9,15,21-23,31,33H,10-11,13-14,16H2,1-3H3/t21-,22+,23-,27+,28+/m0/s1. The lowest BCUT2D eigenvalue weighted by Gasteiger charge is -2.65. The number of likely N-dealkylation sites (tertiary alicyclic amines) is 1. The first-order chi connectivity index (χ1) is 16.3. The molecule has 176 valence electrons. The Balaban J connectivity index is 1.43. The molecule has 1 spiro atoms. The number of benzene rings is 2. The van der Waals surface area contributed by atoms with Crippen LogP contribution in [0.5, 0.6) is 11.5 Å². The molecule has 6 heteroatoms. The summed E-state index contributed by atoms with van der Waals surface area (Å²) in [4.78, 5) is 17.1. The van der Waals surface area contributed by atoms with Crippen LogP contribution in [0.15, 0.2) is 36.4 Å². The number of carbonyl (C=O) groups is 1. The van der Waals surface area contributed by atoms with Gasteiger partial charge in [-0.25, -0.2) is 0 Å². The molecule has 34 heavy (non-hydrogen) atoms. The second kappa shape index (κ2) is 7.24. The molecule has 0 unspecified atom stereocenters. The molecule has 1 saturated heterocycles. The smallest absolute Gasteiger partial charge is 0.298 e. The number of ether oxygens (including phenoxy) is 1. The van der Waals surface area contributed by atoms with Crippen molar-refractivity contribution in [3.05, 3.63) is 58.7 Å². The quantitative estimate of drug-likeness (QED) is 0.642. The molecule has 2 aromatic carbocycles. The Morgan fingerprint density at radius 2 is 2.09 bits per heavy atom. The Morgan fingerprint density at radius 1 is 1.26 bits per heavy atom. The number of nitrogens with zero attached hydrogens (tertiary/aromatic N) is 2. The van der Waals surface area contributed by atoms with Crippen LogP contribution in [-0.2, 0) is 16.6 Å². The Labute approximate surface area is 200 Å². The number of amides is 1. The van der Waals surface area contributed by atoms with Gasteiger partial charge in [0.1, 0.15) is 11.7 Å². The van der Waals surface area contributed by atoms with E-state index in [1.54, 1.807) is 18.0 Å². The number of rotatable bonds is 1. The summed E-state index contributed by atoms with van der Waals surface area (Å²) in [6, 6.07) is 10.9. The van der Waals surface area contributed by atoms with Crippen LogP contribution < -0.4 is 4.74 Å². The highest BCUT2D eigenvalue weighted by molar-refractivity contribution is 5.94. The second-order valence-corrected chi connectivity index (χ2v) is 10.4. The summed E-state index contributed by atoms with van der Waals surface area (Å²) >= 11 is 0. The molecule has 4 aliphatic rings. The molecule has 6 nitrogen and oxygen atoms in total. The van der Waals surface area contributed by atoms with E-state index >= 15 is 0 Å². The average Bonchev–Trinajstić information content (AvgIpc) is 3.16. The normalized spacial score (nSPS) is 32.8. The van der Waals surface area contributed by atoms with E-state index in [0.717, 1.165) is 35.2 Å². The molecule has 0 radical (unpaired) electrons. The summed E-state index contributed by atoms with van der Waals surface area (Å²) in [6.45, 7) is 2.83. The number of phenols is 1. The predicted molar refractivity (Wildman–Crippen MR) is 128 cm³/mol. The van der Waals surface area contributed by atoms with Crippen LogP contribution >= 0.6 is 0 Å².